The van der Waals surface area contributed by atoms with Crippen LogP contribution in [0.1, 0.15) is 18.4 Å². The van der Waals surface area contributed by atoms with Crippen LogP contribution in [0, 0.1) is 5.82 Å². The maximum Gasteiger partial charge on any atom is 0.242 e. The fraction of sp³-hybridized carbons (Fsp3) is 0.286. The quantitative estimate of drug-likeness (QED) is 0.660. The van der Waals surface area contributed by atoms with Crippen molar-refractivity contribution in [3.63, 3.8) is 0 Å². The minimum absolute atomic E-state index is 0.00710. The van der Waals surface area contributed by atoms with Crippen molar-refractivity contribution in [2.24, 2.45) is 0 Å². The van der Waals surface area contributed by atoms with Gasteiger partial charge >= 0.3 is 0 Å². The normalized spacial score (nSPS) is 14.7. The van der Waals surface area contributed by atoms with E-state index in [2.05, 4.69) is 0 Å². The molecule has 1 aliphatic heterocycles. The maximum atomic E-state index is 13.5. The van der Waals surface area contributed by atoms with E-state index < -0.39 is 15.7 Å². The second-order valence-electron chi connectivity index (χ2n) is 7.12. The molecule has 0 saturated carbocycles. The predicted molar refractivity (Wildman–Crippen MR) is 105 cm³/mol. The minimum atomic E-state index is -3.70. The van der Waals surface area contributed by atoms with E-state index in [-0.39, 0.29) is 23.1 Å². The SMILES string of the molecule is O=C(Cn1cc(S(=O)(=O)Cc2cccc(F)c2)c2ccccc21)N1CCCC1. The zero-order valence-corrected chi connectivity index (χ0v) is 16.2. The molecule has 28 heavy (non-hydrogen) atoms. The number of aromatic nitrogens is 1. The highest BCUT2D eigenvalue weighted by Gasteiger charge is 2.24. The van der Waals surface area contributed by atoms with Crippen molar-refractivity contribution in [1.82, 2.24) is 9.47 Å². The van der Waals surface area contributed by atoms with Crippen LogP contribution in [0.3, 0.4) is 0 Å². The second-order valence-corrected chi connectivity index (χ2v) is 9.07. The van der Waals surface area contributed by atoms with E-state index in [4.69, 9.17) is 0 Å². The zero-order valence-electron chi connectivity index (χ0n) is 15.3. The van der Waals surface area contributed by atoms with E-state index in [9.17, 15) is 17.6 Å². The van der Waals surface area contributed by atoms with E-state index in [0.717, 1.165) is 25.9 Å². The van der Waals surface area contributed by atoms with Gasteiger partial charge in [0.05, 0.1) is 10.6 Å². The number of fused-ring (bicyclic) bond motifs is 1. The number of carbonyl (C=O) groups excluding carboxylic acids is 1. The molecule has 1 aliphatic rings. The molecule has 4 rings (SSSR count). The van der Waals surface area contributed by atoms with Crippen molar-refractivity contribution in [1.29, 1.82) is 0 Å². The van der Waals surface area contributed by atoms with Gasteiger partial charge in [-0.2, -0.15) is 0 Å². The Bertz CT molecular complexity index is 1130. The molecule has 0 radical (unpaired) electrons. The summed E-state index contributed by atoms with van der Waals surface area (Å²) in [5, 5.41) is 0.577. The number of hydrogen-bond acceptors (Lipinski definition) is 3. The van der Waals surface area contributed by atoms with E-state index in [1.54, 1.807) is 22.8 Å². The lowest BCUT2D eigenvalue weighted by atomic mass is 10.2. The third kappa shape index (κ3) is 3.67. The van der Waals surface area contributed by atoms with Gasteiger partial charge in [-0.05, 0) is 36.6 Å². The van der Waals surface area contributed by atoms with Gasteiger partial charge in [0.1, 0.15) is 12.4 Å². The molecule has 7 heteroatoms. The van der Waals surface area contributed by atoms with Gasteiger partial charge in [-0.1, -0.05) is 30.3 Å². The number of halogens is 1. The van der Waals surface area contributed by atoms with Crippen molar-refractivity contribution in [3.8, 4) is 0 Å². The summed E-state index contributed by atoms with van der Waals surface area (Å²) >= 11 is 0. The van der Waals surface area contributed by atoms with Crippen LogP contribution in [0.5, 0.6) is 0 Å². The molecular formula is C21H21FN2O3S. The first-order valence-electron chi connectivity index (χ1n) is 9.27. The molecule has 1 fully saturated rings. The number of nitrogens with zero attached hydrogens (tertiary/aromatic N) is 2. The van der Waals surface area contributed by atoms with Crippen molar-refractivity contribution in [2.75, 3.05) is 13.1 Å². The Morgan fingerprint density at radius 1 is 1.04 bits per heavy atom. The third-order valence-electron chi connectivity index (χ3n) is 5.10. The van der Waals surface area contributed by atoms with Crippen molar-refractivity contribution < 1.29 is 17.6 Å². The number of para-hydroxylation sites is 1. The molecule has 1 saturated heterocycles. The molecule has 1 amide bonds. The van der Waals surface area contributed by atoms with Crippen LogP contribution < -0.4 is 0 Å². The summed E-state index contributed by atoms with van der Waals surface area (Å²) in [6.07, 6.45) is 3.55. The first kappa shape index (κ1) is 18.7. The van der Waals surface area contributed by atoms with Crippen LogP contribution in [-0.2, 0) is 26.9 Å². The van der Waals surface area contributed by atoms with Crippen LogP contribution >= 0.6 is 0 Å². The van der Waals surface area contributed by atoms with Gasteiger partial charge in [-0.25, -0.2) is 12.8 Å². The van der Waals surface area contributed by atoms with E-state index >= 15 is 0 Å². The van der Waals surface area contributed by atoms with E-state index in [0.29, 0.717) is 16.5 Å². The van der Waals surface area contributed by atoms with Crippen LogP contribution in [0.2, 0.25) is 0 Å². The Hall–Kier alpha value is -2.67. The molecule has 2 aromatic carbocycles. The summed E-state index contributed by atoms with van der Waals surface area (Å²) in [4.78, 5) is 14.5. The molecule has 0 aliphatic carbocycles. The molecule has 0 bridgehead atoms. The molecule has 3 aromatic rings. The van der Waals surface area contributed by atoms with Gasteiger partial charge in [-0.15, -0.1) is 0 Å². The Morgan fingerprint density at radius 2 is 1.79 bits per heavy atom. The molecule has 0 spiro atoms. The lowest BCUT2D eigenvalue weighted by Crippen LogP contribution is -2.30. The molecular weight excluding hydrogens is 379 g/mol. The summed E-state index contributed by atoms with van der Waals surface area (Å²) in [7, 11) is -3.70. The first-order valence-corrected chi connectivity index (χ1v) is 10.9. The van der Waals surface area contributed by atoms with Crippen LogP contribution in [0.25, 0.3) is 10.9 Å². The number of benzene rings is 2. The lowest BCUT2D eigenvalue weighted by Gasteiger charge is -2.15. The lowest BCUT2D eigenvalue weighted by molar-refractivity contribution is -0.130. The largest absolute Gasteiger partial charge is 0.341 e. The van der Waals surface area contributed by atoms with Gasteiger partial charge < -0.3 is 9.47 Å². The molecule has 1 aromatic heterocycles. The monoisotopic (exact) mass is 400 g/mol. The van der Waals surface area contributed by atoms with Gasteiger partial charge in [0.15, 0.2) is 9.84 Å². The average molecular weight is 400 g/mol. The predicted octanol–water partition coefficient (Wildman–Crippen LogP) is 3.38. The standard InChI is InChI=1S/C21H21FN2O3S/c22-17-7-5-6-16(12-17)15-28(26,27)20-13-24(19-9-2-1-8-18(19)20)14-21(25)23-10-3-4-11-23/h1-2,5-9,12-13H,3-4,10-11,14-15H2. The van der Waals surface area contributed by atoms with Crippen LogP contribution in [-0.4, -0.2) is 36.9 Å². The van der Waals surface area contributed by atoms with Crippen LogP contribution in [0.4, 0.5) is 4.39 Å². The van der Waals surface area contributed by atoms with Crippen molar-refractivity contribution >= 4 is 26.6 Å². The van der Waals surface area contributed by atoms with E-state index in [1.807, 2.05) is 17.0 Å². The van der Waals surface area contributed by atoms with Crippen molar-refractivity contribution in [2.45, 2.75) is 30.0 Å². The van der Waals surface area contributed by atoms with Crippen LogP contribution in [0.15, 0.2) is 59.6 Å². The number of likely N-dealkylation sites (tertiary alicyclic amines) is 1. The summed E-state index contributed by atoms with van der Waals surface area (Å²) in [6.45, 7) is 1.61. The minimum Gasteiger partial charge on any atom is -0.341 e. The molecule has 146 valence electrons. The Balaban J connectivity index is 1.70. The smallest absolute Gasteiger partial charge is 0.242 e. The number of hydrogen-bond donors (Lipinski definition) is 0. The fourth-order valence-electron chi connectivity index (χ4n) is 3.73. The Labute approximate surface area is 163 Å². The first-order chi connectivity index (χ1) is 13.4. The third-order valence-corrected chi connectivity index (χ3v) is 6.81. The summed E-state index contributed by atoms with van der Waals surface area (Å²) in [5.41, 5.74) is 1.10. The number of carbonyl (C=O) groups is 1. The highest BCUT2D eigenvalue weighted by molar-refractivity contribution is 7.90. The average Bonchev–Trinajstić information content (AvgIpc) is 3.30. The van der Waals surface area contributed by atoms with Gasteiger partial charge in [0, 0.05) is 30.2 Å². The highest BCUT2D eigenvalue weighted by Crippen LogP contribution is 2.28. The van der Waals surface area contributed by atoms with Gasteiger partial charge in [0.2, 0.25) is 5.91 Å². The molecule has 0 N–H and O–H groups in total. The zero-order chi connectivity index (χ0) is 19.7. The van der Waals surface area contributed by atoms with Gasteiger partial charge in [-0.3, -0.25) is 4.79 Å². The molecule has 5 nitrogen and oxygen atoms in total. The number of rotatable bonds is 5. The summed E-state index contributed by atoms with van der Waals surface area (Å²) in [5.74, 6) is -0.766. The summed E-state index contributed by atoms with van der Waals surface area (Å²) < 4.78 is 41.3. The van der Waals surface area contributed by atoms with Crippen molar-refractivity contribution in [3.05, 3.63) is 66.1 Å². The molecule has 0 unspecified atom stereocenters. The Kier molecular flexibility index (Phi) is 4.93. The maximum absolute atomic E-state index is 13.5. The molecule has 0 atom stereocenters. The Morgan fingerprint density at radius 3 is 2.54 bits per heavy atom. The van der Waals surface area contributed by atoms with E-state index in [1.165, 1.54) is 24.4 Å². The highest BCUT2D eigenvalue weighted by atomic mass is 32.2. The fourth-order valence-corrected chi connectivity index (χ4v) is 5.30. The number of amides is 1. The molecule has 2 heterocycles. The summed E-state index contributed by atoms with van der Waals surface area (Å²) in [6, 6.07) is 12.8. The number of sulfone groups is 1. The topological polar surface area (TPSA) is 59.4 Å². The second kappa shape index (κ2) is 7.39. The van der Waals surface area contributed by atoms with Gasteiger partial charge in [0.25, 0.3) is 0 Å².